The molecule has 0 aliphatic heterocycles. The summed E-state index contributed by atoms with van der Waals surface area (Å²) in [6, 6.07) is 7.69. The Balaban J connectivity index is 2.20. The summed E-state index contributed by atoms with van der Waals surface area (Å²) in [5.41, 5.74) is 1.68. The summed E-state index contributed by atoms with van der Waals surface area (Å²) >= 11 is 0. The number of hydroxylamine groups is 1. The second-order valence-electron chi connectivity index (χ2n) is 4.64. The van der Waals surface area contributed by atoms with Gasteiger partial charge in [-0.2, -0.15) is 0 Å². The summed E-state index contributed by atoms with van der Waals surface area (Å²) in [6.45, 7) is 0. The first kappa shape index (κ1) is 17.6. The van der Waals surface area contributed by atoms with Gasteiger partial charge in [0, 0.05) is 12.1 Å². The molecule has 0 aromatic heterocycles. The van der Waals surface area contributed by atoms with Crippen LogP contribution in [0.1, 0.15) is 5.56 Å². The van der Waals surface area contributed by atoms with E-state index in [-0.39, 0.29) is 10.6 Å². The van der Waals surface area contributed by atoms with Crippen molar-refractivity contribution in [1.82, 2.24) is 5.48 Å². The molecule has 2 aromatic carbocycles. The Morgan fingerprint density at radius 1 is 1.04 bits per heavy atom. The number of benzene rings is 2. The molecule has 0 saturated carbocycles. The van der Waals surface area contributed by atoms with Crippen LogP contribution in [0.15, 0.2) is 53.4 Å². The van der Waals surface area contributed by atoms with Crippen molar-refractivity contribution in [2.75, 3.05) is 4.72 Å². The highest BCUT2D eigenvalue weighted by atomic mass is 32.2. The van der Waals surface area contributed by atoms with Crippen molar-refractivity contribution >= 4 is 27.7 Å². The van der Waals surface area contributed by atoms with E-state index in [1.165, 1.54) is 35.8 Å². The number of hydrogen-bond donors (Lipinski definition) is 3. The average molecular weight is 354 g/mol. The van der Waals surface area contributed by atoms with Crippen molar-refractivity contribution in [2.24, 2.45) is 0 Å². The van der Waals surface area contributed by atoms with E-state index in [1.54, 1.807) is 0 Å². The molecule has 3 N–H and O–H groups in total. The van der Waals surface area contributed by atoms with Gasteiger partial charge in [0.05, 0.1) is 10.6 Å². The molecule has 24 heavy (non-hydrogen) atoms. The molecule has 0 radical (unpaired) electrons. The smallest absolute Gasteiger partial charge is 0.267 e. The van der Waals surface area contributed by atoms with E-state index in [1.807, 2.05) is 0 Å². The Bertz CT molecular complexity index is 861. The third kappa shape index (κ3) is 4.61. The summed E-state index contributed by atoms with van der Waals surface area (Å²) in [6.07, 6.45) is 2.41. The van der Waals surface area contributed by atoms with Crippen LogP contribution in [0.25, 0.3) is 6.08 Å². The quantitative estimate of drug-likeness (QED) is 0.436. The largest absolute Gasteiger partial charge is 0.288 e. The van der Waals surface area contributed by atoms with Crippen LogP contribution in [-0.2, 0) is 14.8 Å². The van der Waals surface area contributed by atoms with Gasteiger partial charge < -0.3 is 0 Å². The number of rotatable bonds is 5. The third-order valence-electron chi connectivity index (χ3n) is 2.84. The Morgan fingerprint density at radius 2 is 1.62 bits per heavy atom. The van der Waals surface area contributed by atoms with Gasteiger partial charge in [-0.1, -0.05) is 12.1 Å². The standard InChI is InChI=1S/C15H12F2N2O4S/c16-11-7-12(17)9-13(8-11)19-24(22,23)14-4-1-10(2-5-14)3-6-15(20)18-21/h1-9,19,21H,(H,18,20)/b6-3+. The number of carbonyl (C=O) groups is 1. The molecule has 0 saturated heterocycles. The van der Waals surface area contributed by atoms with E-state index in [4.69, 9.17) is 5.21 Å². The van der Waals surface area contributed by atoms with Crippen LogP contribution in [0.5, 0.6) is 0 Å². The molecule has 0 aliphatic rings. The van der Waals surface area contributed by atoms with Crippen LogP contribution < -0.4 is 10.2 Å². The van der Waals surface area contributed by atoms with E-state index < -0.39 is 27.6 Å². The Morgan fingerprint density at radius 3 is 2.17 bits per heavy atom. The number of nitrogens with one attached hydrogen (secondary N) is 2. The van der Waals surface area contributed by atoms with Crippen LogP contribution >= 0.6 is 0 Å². The Labute approximate surface area is 136 Å². The first-order valence-electron chi connectivity index (χ1n) is 6.51. The fourth-order valence-electron chi connectivity index (χ4n) is 1.79. The summed E-state index contributed by atoms with van der Waals surface area (Å²) in [4.78, 5) is 10.7. The second kappa shape index (κ2) is 7.20. The number of halogens is 2. The van der Waals surface area contributed by atoms with Gasteiger partial charge >= 0.3 is 0 Å². The van der Waals surface area contributed by atoms with Gasteiger partial charge in [0.1, 0.15) is 11.6 Å². The number of hydrogen-bond acceptors (Lipinski definition) is 4. The minimum atomic E-state index is -4.03. The molecule has 0 unspecified atom stereocenters. The number of amides is 1. The highest BCUT2D eigenvalue weighted by molar-refractivity contribution is 7.92. The SMILES string of the molecule is O=C(/C=C/c1ccc(S(=O)(=O)Nc2cc(F)cc(F)c2)cc1)NO. The fraction of sp³-hybridized carbons (Fsp3) is 0. The summed E-state index contributed by atoms with van der Waals surface area (Å²) in [5, 5.41) is 8.35. The molecule has 0 fully saturated rings. The molecule has 126 valence electrons. The zero-order valence-electron chi connectivity index (χ0n) is 12.0. The molecule has 0 bridgehead atoms. The molecule has 6 nitrogen and oxygen atoms in total. The van der Waals surface area contributed by atoms with Crippen molar-refractivity contribution < 1.29 is 27.2 Å². The lowest BCUT2D eigenvalue weighted by atomic mass is 10.2. The summed E-state index contributed by atoms with van der Waals surface area (Å²) < 4.78 is 52.6. The van der Waals surface area contributed by atoms with Crippen molar-refractivity contribution in [2.45, 2.75) is 4.90 Å². The predicted molar refractivity (Wildman–Crippen MR) is 82.6 cm³/mol. The van der Waals surface area contributed by atoms with E-state index in [2.05, 4.69) is 4.72 Å². The highest BCUT2D eigenvalue weighted by Gasteiger charge is 2.15. The second-order valence-corrected chi connectivity index (χ2v) is 6.32. The summed E-state index contributed by atoms with van der Waals surface area (Å²) in [7, 11) is -4.03. The van der Waals surface area contributed by atoms with Crippen LogP contribution in [0, 0.1) is 11.6 Å². The first-order chi connectivity index (χ1) is 11.3. The predicted octanol–water partition coefficient (Wildman–Crippen LogP) is 2.28. The topological polar surface area (TPSA) is 95.5 Å². The summed E-state index contributed by atoms with van der Waals surface area (Å²) in [5.74, 6) is -2.55. The van der Waals surface area contributed by atoms with E-state index in [0.29, 0.717) is 11.6 Å². The molecule has 2 rings (SSSR count). The first-order valence-corrected chi connectivity index (χ1v) is 7.99. The van der Waals surface area contributed by atoms with Crippen LogP contribution in [-0.4, -0.2) is 19.5 Å². The molecule has 0 aliphatic carbocycles. The van der Waals surface area contributed by atoms with Crippen molar-refractivity contribution in [3.63, 3.8) is 0 Å². The fourth-order valence-corrected chi connectivity index (χ4v) is 2.83. The minimum Gasteiger partial charge on any atom is -0.288 e. The normalized spacial score (nSPS) is 11.5. The third-order valence-corrected chi connectivity index (χ3v) is 4.24. The zero-order chi connectivity index (χ0) is 17.7. The Hall–Kier alpha value is -2.78. The maximum atomic E-state index is 13.1. The van der Waals surface area contributed by atoms with Crippen LogP contribution in [0.4, 0.5) is 14.5 Å². The van der Waals surface area contributed by atoms with Gasteiger partial charge in [0.2, 0.25) is 0 Å². The van der Waals surface area contributed by atoms with E-state index in [9.17, 15) is 22.0 Å². The lowest BCUT2D eigenvalue weighted by Gasteiger charge is -2.08. The van der Waals surface area contributed by atoms with Crippen LogP contribution in [0.3, 0.4) is 0 Å². The molecule has 0 atom stereocenters. The molecular weight excluding hydrogens is 342 g/mol. The number of anilines is 1. The zero-order valence-corrected chi connectivity index (χ0v) is 12.8. The van der Waals surface area contributed by atoms with Crippen molar-refractivity contribution in [3.05, 3.63) is 65.7 Å². The van der Waals surface area contributed by atoms with E-state index >= 15 is 0 Å². The lowest BCUT2D eigenvalue weighted by molar-refractivity contribution is -0.124. The highest BCUT2D eigenvalue weighted by Crippen LogP contribution is 2.19. The Kier molecular flexibility index (Phi) is 5.27. The van der Waals surface area contributed by atoms with E-state index in [0.717, 1.165) is 18.2 Å². The average Bonchev–Trinajstić information content (AvgIpc) is 2.51. The maximum Gasteiger partial charge on any atom is 0.267 e. The molecule has 1 amide bonds. The van der Waals surface area contributed by atoms with Crippen molar-refractivity contribution in [3.8, 4) is 0 Å². The van der Waals surface area contributed by atoms with Gasteiger partial charge in [0.25, 0.3) is 15.9 Å². The maximum absolute atomic E-state index is 13.1. The van der Waals surface area contributed by atoms with Gasteiger partial charge in [-0.25, -0.2) is 22.7 Å². The molecule has 0 heterocycles. The molecule has 2 aromatic rings. The minimum absolute atomic E-state index is 0.129. The van der Waals surface area contributed by atoms with Gasteiger partial charge in [-0.05, 0) is 35.9 Å². The molecule has 0 spiro atoms. The number of sulfonamides is 1. The van der Waals surface area contributed by atoms with Crippen LogP contribution in [0.2, 0.25) is 0 Å². The lowest BCUT2D eigenvalue weighted by Crippen LogP contribution is -2.14. The van der Waals surface area contributed by atoms with Gasteiger partial charge in [-0.3, -0.25) is 14.7 Å². The molecule has 9 heteroatoms. The monoisotopic (exact) mass is 354 g/mol. The number of carbonyl (C=O) groups excluding carboxylic acids is 1. The van der Waals surface area contributed by atoms with Crippen molar-refractivity contribution in [1.29, 1.82) is 0 Å². The van der Waals surface area contributed by atoms with Gasteiger partial charge in [0.15, 0.2) is 0 Å². The van der Waals surface area contributed by atoms with Gasteiger partial charge in [-0.15, -0.1) is 0 Å². The molecular formula is C15H12F2N2O4S.